The fraction of sp³-hybridized carbons (Fsp3) is 0.333. The zero-order valence-electron chi connectivity index (χ0n) is 17.1. The number of aromatic nitrogens is 6. The van der Waals surface area contributed by atoms with Crippen molar-refractivity contribution in [3.8, 4) is 0 Å². The van der Waals surface area contributed by atoms with Crippen LogP contribution in [-0.2, 0) is 40.8 Å². The molecule has 0 aliphatic carbocycles. The fourth-order valence-corrected chi connectivity index (χ4v) is 2.44. The van der Waals surface area contributed by atoms with Gasteiger partial charge in [0.1, 0.15) is 0 Å². The summed E-state index contributed by atoms with van der Waals surface area (Å²) >= 11 is 0. The number of rotatable bonds is 6. The van der Waals surface area contributed by atoms with E-state index >= 15 is 0 Å². The van der Waals surface area contributed by atoms with E-state index in [4.69, 9.17) is 0 Å². The normalized spacial score (nSPS) is 10.1. The molecule has 0 radical (unpaired) electrons. The SMILES string of the molecule is C=CCn1c(=O)n(C)c(=O)n(C)c1=O.C=CCn1c(=O)n(C)c(=O)n(CC=C)c1=O. The van der Waals surface area contributed by atoms with Crippen molar-refractivity contribution in [3.05, 3.63) is 101 Å². The van der Waals surface area contributed by atoms with Crippen LogP contribution in [0.3, 0.4) is 0 Å². The Balaban J connectivity index is 0.000000303. The first-order chi connectivity index (χ1) is 14.0. The highest BCUT2D eigenvalue weighted by atomic mass is 16.2. The molecular formula is C18H24N6O6. The second kappa shape index (κ2) is 10.0. The van der Waals surface area contributed by atoms with Gasteiger partial charge in [0.25, 0.3) is 0 Å². The van der Waals surface area contributed by atoms with Gasteiger partial charge in [-0.25, -0.2) is 56.2 Å². The summed E-state index contributed by atoms with van der Waals surface area (Å²) in [5.41, 5.74) is -3.81. The van der Waals surface area contributed by atoms with Crippen LogP contribution in [-0.4, -0.2) is 27.4 Å². The molecule has 0 aromatic carbocycles. The van der Waals surface area contributed by atoms with Crippen LogP contribution in [0.15, 0.2) is 66.7 Å². The van der Waals surface area contributed by atoms with Crippen molar-refractivity contribution in [2.45, 2.75) is 19.6 Å². The maximum absolute atomic E-state index is 11.8. The second-order valence-corrected chi connectivity index (χ2v) is 6.07. The number of hydrogen-bond acceptors (Lipinski definition) is 6. The second-order valence-electron chi connectivity index (χ2n) is 6.07. The van der Waals surface area contributed by atoms with Crippen molar-refractivity contribution < 1.29 is 0 Å². The molecule has 0 saturated carbocycles. The lowest BCUT2D eigenvalue weighted by Gasteiger charge is -2.08. The number of hydrogen-bond donors (Lipinski definition) is 0. The molecule has 12 nitrogen and oxygen atoms in total. The van der Waals surface area contributed by atoms with Crippen LogP contribution in [0.2, 0.25) is 0 Å². The quantitative estimate of drug-likeness (QED) is 0.475. The third-order valence-electron chi connectivity index (χ3n) is 4.04. The summed E-state index contributed by atoms with van der Waals surface area (Å²) < 4.78 is 5.47. The lowest BCUT2D eigenvalue weighted by Crippen LogP contribution is -2.53. The highest BCUT2D eigenvalue weighted by molar-refractivity contribution is 4.83. The van der Waals surface area contributed by atoms with Gasteiger partial charge in [0.15, 0.2) is 0 Å². The van der Waals surface area contributed by atoms with E-state index in [-0.39, 0.29) is 19.6 Å². The Labute approximate surface area is 169 Å². The highest BCUT2D eigenvalue weighted by Crippen LogP contribution is 1.76. The summed E-state index contributed by atoms with van der Waals surface area (Å²) in [5, 5.41) is 0. The fourth-order valence-electron chi connectivity index (χ4n) is 2.44. The number of allylic oxidation sites excluding steroid dienone is 3. The van der Waals surface area contributed by atoms with Crippen molar-refractivity contribution >= 4 is 0 Å². The van der Waals surface area contributed by atoms with Gasteiger partial charge in [0.2, 0.25) is 0 Å². The van der Waals surface area contributed by atoms with Crippen LogP contribution in [0, 0.1) is 0 Å². The molecule has 2 heterocycles. The van der Waals surface area contributed by atoms with E-state index in [0.717, 1.165) is 27.4 Å². The van der Waals surface area contributed by atoms with E-state index in [1.165, 1.54) is 39.4 Å². The first-order valence-electron chi connectivity index (χ1n) is 8.65. The molecule has 0 N–H and O–H groups in total. The van der Waals surface area contributed by atoms with E-state index in [0.29, 0.717) is 0 Å². The minimum atomic E-state index is -0.645. The third kappa shape index (κ3) is 4.54. The molecule has 0 bridgehead atoms. The van der Waals surface area contributed by atoms with Gasteiger partial charge in [-0.1, -0.05) is 18.2 Å². The molecule has 0 fully saturated rings. The zero-order chi connectivity index (χ0) is 23.2. The molecule has 0 atom stereocenters. The Morgan fingerprint density at radius 3 is 1.00 bits per heavy atom. The lowest BCUT2D eigenvalue weighted by atomic mass is 10.5. The van der Waals surface area contributed by atoms with Crippen LogP contribution >= 0.6 is 0 Å². The van der Waals surface area contributed by atoms with Crippen LogP contribution in [0.4, 0.5) is 0 Å². The minimum Gasteiger partial charge on any atom is -0.248 e. The van der Waals surface area contributed by atoms with Crippen molar-refractivity contribution in [2.75, 3.05) is 0 Å². The molecule has 0 amide bonds. The standard InChI is InChI=1S/C10H13N3O3.C8H11N3O3/c1-4-6-12-8(14)11(3)9(15)13(7-5-2)10(12)16;1-4-5-11-7(13)9(2)6(12)10(3)8(11)14/h4-5H,1-2,6-7H2,3H3;4H,1,5H2,2-3H3. The van der Waals surface area contributed by atoms with Crippen LogP contribution in [0.1, 0.15) is 0 Å². The van der Waals surface area contributed by atoms with E-state index < -0.39 is 34.1 Å². The summed E-state index contributed by atoms with van der Waals surface area (Å²) in [6.45, 7) is 10.6. The van der Waals surface area contributed by atoms with E-state index in [1.54, 1.807) is 0 Å². The molecule has 2 rings (SSSR count). The monoisotopic (exact) mass is 420 g/mol. The first kappa shape index (κ1) is 24.1. The number of nitrogens with zero attached hydrogens (tertiary/aromatic N) is 6. The molecule has 30 heavy (non-hydrogen) atoms. The molecule has 0 aliphatic heterocycles. The summed E-state index contributed by atoms with van der Waals surface area (Å²) in [4.78, 5) is 69.0. The Morgan fingerprint density at radius 2 is 0.733 bits per heavy atom. The third-order valence-corrected chi connectivity index (χ3v) is 4.04. The van der Waals surface area contributed by atoms with Gasteiger partial charge in [-0.3, -0.25) is 0 Å². The highest BCUT2D eigenvalue weighted by Gasteiger charge is 2.10. The molecule has 0 aliphatic rings. The molecular weight excluding hydrogens is 396 g/mol. The maximum Gasteiger partial charge on any atom is 0.336 e. The summed E-state index contributed by atoms with van der Waals surface area (Å²) in [7, 11) is 3.97. The van der Waals surface area contributed by atoms with Crippen molar-refractivity contribution in [2.24, 2.45) is 21.1 Å². The zero-order valence-corrected chi connectivity index (χ0v) is 17.1. The summed E-state index contributed by atoms with van der Waals surface area (Å²) in [6.07, 6.45) is 4.27. The summed E-state index contributed by atoms with van der Waals surface area (Å²) in [6, 6.07) is 0. The Bertz CT molecular complexity index is 1240. The van der Waals surface area contributed by atoms with Crippen molar-refractivity contribution in [1.82, 2.24) is 27.4 Å². The molecule has 12 heteroatoms. The van der Waals surface area contributed by atoms with Gasteiger partial charge in [-0.2, -0.15) is 0 Å². The average Bonchev–Trinajstić information content (AvgIpc) is 2.73. The van der Waals surface area contributed by atoms with Gasteiger partial charge in [0.05, 0.1) is 19.6 Å². The van der Waals surface area contributed by atoms with E-state index in [2.05, 4.69) is 19.7 Å². The Kier molecular flexibility index (Phi) is 8.03. The van der Waals surface area contributed by atoms with Gasteiger partial charge in [-0.15, -0.1) is 19.7 Å². The van der Waals surface area contributed by atoms with Crippen LogP contribution in [0.5, 0.6) is 0 Å². The van der Waals surface area contributed by atoms with Crippen molar-refractivity contribution in [3.63, 3.8) is 0 Å². The molecule has 0 saturated heterocycles. The topological polar surface area (TPSA) is 132 Å². The largest absolute Gasteiger partial charge is 0.336 e. The Hall–Kier alpha value is -3.96. The lowest BCUT2D eigenvalue weighted by molar-refractivity contribution is 0.516. The van der Waals surface area contributed by atoms with Gasteiger partial charge < -0.3 is 0 Å². The van der Waals surface area contributed by atoms with E-state index in [1.807, 2.05) is 0 Å². The van der Waals surface area contributed by atoms with Gasteiger partial charge in [-0.05, 0) is 0 Å². The Morgan fingerprint density at radius 1 is 0.500 bits per heavy atom. The smallest absolute Gasteiger partial charge is 0.248 e. The predicted octanol–water partition coefficient (Wildman–Crippen LogP) is -2.49. The molecule has 162 valence electrons. The first-order valence-corrected chi connectivity index (χ1v) is 8.65. The molecule has 2 aromatic rings. The van der Waals surface area contributed by atoms with Crippen molar-refractivity contribution in [1.29, 1.82) is 0 Å². The van der Waals surface area contributed by atoms with Crippen LogP contribution < -0.4 is 34.1 Å². The molecule has 2 aromatic heterocycles. The average molecular weight is 420 g/mol. The minimum absolute atomic E-state index is 0.0724. The summed E-state index contributed by atoms with van der Waals surface area (Å²) in [5.74, 6) is 0. The van der Waals surface area contributed by atoms with Gasteiger partial charge >= 0.3 is 34.1 Å². The van der Waals surface area contributed by atoms with Crippen LogP contribution in [0.25, 0.3) is 0 Å². The predicted molar refractivity (Wildman–Crippen MR) is 112 cm³/mol. The maximum atomic E-state index is 11.8. The molecule has 0 unspecified atom stereocenters. The van der Waals surface area contributed by atoms with E-state index in [9.17, 15) is 28.8 Å². The molecule has 0 spiro atoms. The van der Waals surface area contributed by atoms with Gasteiger partial charge in [0, 0.05) is 21.1 Å².